The van der Waals surface area contributed by atoms with Crippen molar-refractivity contribution in [1.29, 1.82) is 0 Å². The van der Waals surface area contributed by atoms with E-state index in [1.54, 1.807) is 0 Å². The van der Waals surface area contributed by atoms with Gasteiger partial charge in [-0.1, -0.05) is 0 Å². The summed E-state index contributed by atoms with van der Waals surface area (Å²) in [5.74, 6) is 0. The molecule has 1 aliphatic rings. The first-order chi connectivity index (χ1) is 7.47. The van der Waals surface area contributed by atoms with E-state index in [0.717, 1.165) is 6.21 Å². The molecule has 1 aliphatic heterocycles. The first kappa shape index (κ1) is 13.0. The summed E-state index contributed by atoms with van der Waals surface area (Å²) in [5.41, 5.74) is 0. The van der Waals surface area contributed by atoms with Crippen molar-refractivity contribution in [2.45, 2.75) is 30.5 Å². The molecule has 1 amide bonds. The lowest BCUT2D eigenvalue weighted by atomic mass is 9.99. The van der Waals surface area contributed by atoms with Gasteiger partial charge in [0, 0.05) is 6.21 Å². The topological polar surface area (TPSA) is 140 Å². The third-order valence-electron chi connectivity index (χ3n) is 2.17. The fourth-order valence-corrected chi connectivity index (χ4v) is 1.24. The molecule has 8 heteroatoms. The van der Waals surface area contributed by atoms with Crippen molar-refractivity contribution in [3.05, 3.63) is 0 Å². The molecule has 0 aliphatic carbocycles. The van der Waals surface area contributed by atoms with Gasteiger partial charge in [-0.05, 0) is 0 Å². The van der Waals surface area contributed by atoms with Crippen LogP contribution in [0.1, 0.15) is 0 Å². The minimum absolute atomic E-state index is 0.775. The Morgan fingerprint density at radius 1 is 1.44 bits per heavy atom. The Labute approximate surface area is 90.4 Å². The van der Waals surface area contributed by atoms with Crippen LogP contribution in [0.4, 0.5) is 4.79 Å². The highest BCUT2D eigenvalue weighted by atomic mass is 16.6. The number of aliphatic hydroxyl groups is 5. The number of rotatable bonds is 4. The minimum atomic E-state index is -1.75. The molecule has 0 aromatic rings. The summed E-state index contributed by atoms with van der Waals surface area (Å²) in [5, 5.41) is 45.8. The van der Waals surface area contributed by atoms with Crippen molar-refractivity contribution in [3.8, 4) is 0 Å². The minimum Gasteiger partial charge on any atom is -0.439 e. The zero-order valence-electron chi connectivity index (χ0n) is 8.17. The second-order valence-corrected chi connectivity index (χ2v) is 3.35. The Hall–Kier alpha value is -1.06. The molecule has 0 bridgehead atoms. The molecule has 0 radical (unpaired) electrons. The SMILES string of the molecule is O=C1N=C[C@@H](O)[C@@H]([C@H](O)[C@@H](O)[C@H](O)CO)O1. The van der Waals surface area contributed by atoms with Crippen LogP contribution in [-0.4, -0.2) is 75.0 Å². The van der Waals surface area contributed by atoms with Crippen LogP contribution >= 0.6 is 0 Å². The fourth-order valence-electron chi connectivity index (χ4n) is 1.24. The molecule has 1 rings (SSSR count). The number of carbonyl (C=O) groups is 1. The number of aliphatic imine (C=N–C) groups is 1. The maximum absolute atomic E-state index is 10.7. The number of ether oxygens (including phenoxy) is 1. The third-order valence-corrected chi connectivity index (χ3v) is 2.17. The number of hydrogen-bond acceptors (Lipinski definition) is 7. The Morgan fingerprint density at radius 3 is 2.62 bits per heavy atom. The normalized spacial score (nSPS) is 30.7. The molecule has 0 saturated carbocycles. The van der Waals surface area contributed by atoms with E-state index in [-0.39, 0.29) is 0 Å². The molecule has 0 spiro atoms. The maximum atomic E-state index is 10.7. The number of carbonyl (C=O) groups excluding carboxylic acids is 1. The van der Waals surface area contributed by atoms with Crippen LogP contribution in [0.25, 0.3) is 0 Å². The third kappa shape index (κ3) is 2.74. The summed E-state index contributed by atoms with van der Waals surface area (Å²) in [7, 11) is 0. The van der Waals surface area contributed by atoms with Crippen molar-refractivity contribution >= 4 is 12.3 Å². The van der Waals surface area contributed by atoms with Crippen LogP contribution in [0.3, 0.4) is 0 Å². The van der Waals surface area contributed by atoms with Crippen LogP contribution in [0.15, 0.2) is 4.99 Å². The predicted molar refractivity (Wildman–Crippen MR) is 49.9 cm³/mol. The highest BCUT2D eigenvalue weighted by molar-refractivity contribution is 5.84. The number of nitrogens with zero attached hydrogens (tertiary/aromatic N) is 1. The molecular weight excluding hydrogens is 222 g/mol. The second kappa shape index (κ2) is 5.32. The van der Waals surface area contributed by atoms with E-state index in [4.69, 9.17) is 10.2 Å². The Balaban J connectivity index is 2.69. The molecule has 5 atom stereocenters. The van der Waals surface area contributed by atoms with Gasteiger partial charge in [0.15, 0.2) is 6.10 Å². The molecule has 8 nitrogen and oxygen atoms in total. The molecule has 16 heavy (non-hydrogen) atoms. The first-order valence-corrected chi connectivity index (χ1v) is 4.55. The monoisotopic (exact) mass is 235 g/mol. The number of amides is 1. The van der Waals surface area contributed by atoms with E-state index >= 15 is 0 Å². The average molecular weight is 235 g/mol. The molecule has 0 aromatic carbocycles. The number of hydrogen-bond donors (Lipinski definition) is 5. The van der Waals surface area contributed by atoms with Crippen molar-refractivity contribution in [2.24, 2.45) is 4.99 Å². The molecule has 5 N–H and O–H groups in total. The lowest BCUT2D eigenvalue weighted by Gasteiger charge is -2.31. The van der Waals surface area contributed by atoms with Crippen LogP contribution < -0.4 is 0 Å². The van der Waals surface area contributed by atoms with Gasteiger partial charge in [0.05, 0.1) is 6.61 Å². The van der Waals surface area contributed by atoms with Crippen LogP contribution in [0, 0.1) is 0 Å². The van der Waals surface area contributed by atoms with Crippen molar-refractivity contribution < 1.29 is 35.1 Å². The van der Waals surface area contributed by atoms with Gasteiger partial charge in [-0.25, -0.2) is 4.79 Å². The largest absolute Gasteiger partial charge is 0.439 e. The lowest BCUT2D eigenvalue weighted by molar-refractivity contribution is -0.132. The summed E-state index contributed by atoms with van der Waals surface area (Å²) in [4.78, 5) is 13.9. The van der Waals surface area contributed by atoms with Gasteiger partial charge in [0.25, 0.3) is 0 Å². The zero-order valence-corrected chi connectivity index (χ0v) is 8.17. The average Bonchev–Trinajstić information content (AvgIpc) is 2.29. The predicted octanol–water partition coefficient (Wildman–Crippen LogP) is -2.99. The summed E-state index contributed by atoms with van der Waals surface area (Å²) in [6.45, 7) is -0.775. The molecule has 92 valence electrons. The van der Waals surface area contributed by atoms with Gasteiger partial charge in [-0.3, -0.25) is 0 Å². The molecule has 1 heterocycles. The Morgan fingerprint density at radius 2 is 2.06 bits per heavy atom. The second-order valence-electron chi connectivity index (χ2n) is 3.35. The smallest absolute Gasteiger partial charge is 0.433 e. The standard InChI is InChI=1S/C8H13NO7/c10-2-4(12)5(13)6(14)7-3(11)1-9-8(15)16-7/h1,3-7,10-14H,2H2/t3-,4-,5+,6-,7+/m1/s1. The Bertz CT molecular complexity index is 282. The van der Waals surface area contributed by atoms with Crippen molar-refractivity contribution in [2.75, 3.05) is 6.61 Å². The number of aliphatic hydroxyl groups excluding tert-OH is 5. The maximum Gasteiger partial charge on any atom is 0.433 e. The van der Waals surface area contributed by atoms with Gasteiger partial charge in [0.1, 0.15) is 24.4 Å². The van der Waals surface area contributed by atoms with Gasteiger partial charge >= 0.3 is 6.09 Å². The van der Waals surface area contributed by atoms with Crippen molar-refractivity contribution in [3.63, 3.8) is 0 Å². The quantitative estimate of drug-likeness (QED) is 0.350. The molecular formula is C8H13NO7. The van der Waals surface area contributed by atoms with Gasteiger partial charge < -0.3 is 30.3 Å². The summed E-state index contributed by atoms with van der Waals surface area (Å²) < 4.78 is 4.49. The van der Waals surface area contributed by atoms with E-state index in [1.807, 2.05) is 0 Å². The van der Waals surface area contributed by atoms with E-state index in [0.29, 0.717) is 0 Å². The molecule has 0 saturated heterocycles. The molecule has 0 unspecified atom stereocenters. The first-order valence-electron chi connectivity index (χ1n) is 4.55. The van der Waals surface area contributed by atoms with E-state index in [9.17, 15) is 20.1 Å². The number of cyclic esters (lactones) is 1. The van der Waals surface area contributed by atoms with E-state index < -0.39 is 43.2 Å². The highest BCUT2D eigenvalue weighted by Crippen LogP contribution is 2.15. The zero-order chi connectivity index (χ0) is 12.3. The van der Waals surface area contributed by atoms with Gasteiger partial charge in [-0.2, -0.15) is 4.99 Å². The van der Waals surface area contributed by atoms with E-state index in [1.165, 1.54) is 0 Å². The summed E-state index contributed by atoms with van der Waals surface area (Å²) in [6.07, 6.45) is -8.04. The molecule has 0 aromatic heterocycles. The fraction of sp³-hybridized carbons (Fsp3) is 0.750. The van der Waals surface area contributed by atoms with Crippen LogP contribution in [0.5, 0.6) is 0 Å². The van der Waals surface area contributed by atoms with E-state index in [2.05, 4.69) is 9.73 Å². The van der Waals surface area contributed by atoms with Crippen molar-refractivity contribution in [1.82, 2.24) is 0 Å². The molecule has 0 fully saturated rings. The van der Waals surface area contributed by atoms with Crippen LogP contribution in [0.2, 0.25) is 0 Å². The summed E-state index contributed by atoms with van der Waals surface area (Å²) >= 11 is 0. The van der Waals surface area contributed by atoms with Gasteiger partial charge in [-0.15, -0.1) is 0 Å². The lowest BCUT2D eigenvalue weighted by Crippen LogP contribution is -2.53. The summed E-state index contributed by atoms with van der Waals surface area (Å²) in [6, 6.07) is 0. The van der Waals surface area contributed by atoms with Crippen LogP contribution in [-0.2, 0) is 4.74 Å². The highest BCUT2D eigenvalue weighted by Gasteiger charge is 2.39. The van der Waals surface area contributed by atoms with Gasteiger partial charge in [0.2, 0.25) is 0 Å². The Kier molecular flexibility index (Phi) is 4.33.